The van der Waals surface area contributed by atoms with Gasteiger partial charge in [0.1, 0.15) is 0 Å². The Morgan fingerprint density at radius 1 is 1.07 bits per heavy atom. The summed E-state index contributed by atoms with van der Waals surface area (Å²) >= 11 is 0. The molecule has 8 heteroatoms. The second-order valence-corrected chi connectivity index (χ2v) is 7.32. The van der Waals surface area contributed by atoms with Gasteiger partial charge in [0.2, 0.25) is 23.4 Å². The first-order valence-corrected chi connectivity index (χ1v) is 9.23. The molecule has 3 aromatic rings. The van der Waals surface area contributed by atoms with Crippen molar-refractivity contribution in [2.24, 2.45) is 5.92 Å². The summed E-state index contributed by atoms with van der Waals surface area (Å²) in [5.41, 5.74) is 1.68. The highest BCUT2D eigenvalue weighted by atomic mass is 19.1. The number of para-hydroxylation sites is 1. The lowest BCUT2D eigenvalue weighted by Crippen LogP contribution is -2.21. The topological polar surface area (TPSA) is 73.9 Å². The average molecular weight is 386 g/mol. The van der Waals surface area contributed by atoms with Crippen LogP contribution in [0.15, 0.2) is 28.7 Å². The van der Waals surface area contributed by atoms with Crippen LogP contribution in [0.5, 0.6) is 11.6 Å². The molecule has 0 amide bonds. The highest BCUT2D eigenvalue weighted by molar-refractivity contribution is 5.38. The van der Waals surface area contributed by atoms with Crippen LogP contribution in [0, 0.1) is 24.5 Å². The van der Waals surface area contributed by atoms with E-state index in [1.165, 1.54) is 6.07 Å². The molecule has 1 aliphatic rings. The van der Waals surface area contributed by atoms with Crippen LogP contribution in [-0.2, 0) is 0 Å². The van der Waals surface area contributed by atoms with Gasteiger partial charge >= 0.3 is 0 Å². The molecule has 2 aromatic heterocycles. The lowest BCUT2D eigenvalue weighted by molar-refractivity contribution is 0.357. The number of hydrogen-bond acceptors (Lipinski definition) is 6. The Morgan fingerprint density at radius 3 is 2.46 bits per heavy atom. The third-order valence-electron chi connectivity index (χ3n) is 5.10. The fraction of sp³-hybridized carbons (Fsp3) is 0.400. The van der Waals surface area contributed by atoms with Gasteiger partial charge in [-0.2, -0.15) is 5.10 Å². The Hall–Kier alpha value is -2.90. The van der Waals surface area contributed by atoms with Crippen molar-refractivity contribution in [3.63, 3.8) is 0 Å². The van der Waals surface area contributed by atoms with Crippen LogP contribution in [0.25, 0.3) is 0 Å². The third-order valence-corrected chi connectivity index (χ3v) is 5.10. The summed E-state index contributed by atoms with van der Waals surface area (Å²) in [5.74, 6) is -0.607. The molecule has 0 bridgehead atoms. The van der Waals surface area contributed by atoms with E-state index in [9.17, 15) is 8.78 Å². The van der Waals surface area contributed by atoms with E-state index >= 15 is 0 Å². The number of benzene rings is 1. The number of aryl methyl sites for hydroxylation is 1. The summed E-state index contributed by atoms with van der Waals surface area (Å²) in [5, 5.41) is 16.4. The minimum Gasteiger partial charge on any atom is -0.431 e. The zero-order chi connectivity index (χ0) is 19.8. The summed E-state index contributed by atoms with van der Waals surface area (Å²) in [4.78, 5) is 0. The fourth-order valence-electron chi connectivity index (χ4n) is 3.72. The first-order chi connectivity index (χ1) is 13.4. The molecule has 0 N–H and O–H groups in total. The Labute approximate surface area is 161 Å². The van der Waals surface area contributed by atoms with Gasteiger partial charge in [-0.15, -0.1) is 15.3 Å². The predicted octanol–water partition coefficient (Wildman–Crippen LogP) is 4.90. The van der Waals surface area contributed by atoms with E-state index in [1.807, 2.05) is 0 Å². The molecule has 28 heavy (non-hydrogen) atoms. The molecule has 4 rings (SSSR count). The minimum absolute atomic E-state index is 0.0516. The van der Waals surface area contributed by atoms with E-state index < -0.39 is 17.4 Å². The van der Waals surface area contributed by atoms with Crippen LogP contribution in [0.4, 0.5) is 8.78 Å². The lowest BCUT2D eigenvalue weighted by atomic mass is 9.75. The summed E-state index contributed by atoms with van der Waals surface area (Å²) in [6.07, 6.45) is 1.71. The molecule has 1 aromatic carbocycles. The SMILES string of the molecule is Cc1nnc(C2CCC(C(C)C)c3cc(Oc4c(F)cccc4F)nnc32)o1. The number of ether oxygens (including phenoxy) is 1. The quantitative estimate of drug-likeness (QED) is 0.635. The van der Waals surface area contributed by atoms with E-state index in [0.29, 0.717) is 17.7 Å². The van der Waals surface area contributed by atoms with Crippen LogP contribution >= 0.6 is 0 Å². The van der Waals surface area contributed by atoms with Gasteiger partial charge in [-0.05, 0) is 42.4 Å². The number of aromatic nitrogens is 4. The normalized spacial score (nSPS) is 18.9. The number of fused-ring (bicyclic) bond motifs is 1. The summed E-state index contributed by atoms with van der Waals surface area (Å²) in [6.45, 7) is 5.99. The van der Waals surface area contributed by atoms with Crippen LogP contribution in [0.2, 0.25) is 0 Å². The van der Waals surface area contributed by atoms with Gasteiger partial charge in [0, 0.05) is 13.0 Å². The van der Waals surface area contributed by atoms with Crippen LogP contribution in [-0.4, -0.2) is 20.4 Å². The molecule has 0 saturated heterocycles. The van der Waals surface area contributed by atoms with Crippen molar-refractivity contribution < 1.29 is 17.9 Å². The number of rotatable bonds is 4. The van der Waals surface area contributed by atoms with Gasteiger partial charge in [0.25, 0.3) is 0 Å². The Morgan fingerprint density at radius 2 is 1.82 bits per heavy atom. The molecule has 2 atom stereocenters. The summed E-state index contributed by atoms with van der Waals surface area (Å²) in [7, 11) is 0. The van der Waals surface area contributed by atoms with Crippen molar-refractivity contribution in [1.29, 1.82) is 0 Å². The van der Waals surface area contributed by atoms with Crippen LogP contribution in [0.1, 0.15) is 61.6 Å². The zero-order valence-corrected chi connectivity index (χ0v) is 15.8. The zero-order valence-electron chi connectivity index (χ0n) is 15.8. The maximum absolute atomic E-state index is 13.9. The standard InChI is InChI=1S/C20H20F2N4O2/c1-10(2)12-7-8-13(20-26-23-11(3)27-20)18-14(12)9-17(24-25-18)28-19-15(21)5-4-6-16(19)22/h4-6,9-10,12-13H,7-8H2,1-3H3. The van der Waals surface area contributed by atoms with E-state index in [-0.39, 0.29) is 17.7 Å². The Bertz CT molecular complexity index is 985. The van der Waals surface area contributed by atoms with Crippen molar-refractivity contribution >= 4 is 0 Å². The predicted molar refractivity (Wildman–Crippen MR) is 96.2 cm³/mol. The first kappa shape index (κ1) is 18.5. The van der Waals surface area contributed by atoms with E-state index in [0.717, 1.165) is 36.2 Å². The number of nitrogens with zero attached hydrogens (tertiary/aromatic N) is 4. The molecule has 0 aliphatic heterocycles. The molecule has 1 aliphatic carbocycles. The third kappa shape index (κ3) is 3.34. The lowest BCUT2D eigenvalue weighted by Gasteiger charge is -2.31. The first-order valence-electron chi connectivity index (χ1n) is 9.23. The van der Waals surface area contributed by atoms with Gasteiger partial charge < -0.3 is 9.15 Å². The maximum Gasteiger partial charge on any atom is 0.239 e. The Kier molecular flexibility index (Phi) is 4.78. The molecular weight excluding hydrogens is 366 g/mol. The Balaban J connectivity index is 1.74. The molecule has 0 radical (unpaired) electrons. The van der Waals surface area contributed by atoms with Gasteiger partial charge in [-0.1, -0.05) is 19.9 Å². The van der Waals surface area contributed by atoms with Gasteiger partial charge in [-0.25, -0.2) is 8.78 Å². The van der Waals surface area contributed by atoms with Crippen LogP contribution in [0.3, 0.4) is 0 Å². The molecular formula is C20H20F2N4O2. The van der Waals surface area contributed by atoms with Crippen molar-refractivity contribution in [3.05, 3.63) is 58.9 Å². The van der Waals surface area contributed by atoms with E-state index in [1.54, 1.807) is 13.0 Å². The van der Waals surface area contributed by atoms with Gasteiger partial charge in [0.05, 0.1) is 11.6 Å². The monoisotopic (exact) mass is 386 g/mol. The molecule has 6 nitrogen and oxygen atoms in total. The second kappa shape index (κ2) is 7.26. The van der Waals surface area contributed by atoms with Crippen LogP contribution < -0.4 is 4.74 Å². The van der Waals surface area contributed by atoms with Gasteiger partial charge in [0.15, 0.2) is 11.6 Å². The highest BCUT2D eigenvalue weighted by Gasteiger charge is 2.35. The summed E-state index contributed by atoms with van der Waals surface area (Å²) < 4.78 is 38.9. The second-order valence-electron chi connectivity index (χ2n) is 7.32. The largest absolute Gasteiger partial charge is 0.431 e. The summed E-state index contributed by atoms with van der Waals surface area (Å²) in [6, 6.07) is 5.26. The average Bonchev–Trinajstić information content (AvgIpc) is 3.09. The minimum atomic E-state index is -0.792. The molecule has 2 unspecified atom stereocenters. The maximum atomic E-state index is 13.9. The fourth-order valence-corrected chi connectivity index (χ4v) is 3.72. The molecule has 0 spiro atoms. The van der Waals surface area contributed by atoms with Crippen molar-refractivity contribution in [3.8, 4) is 11.6 Å². The number of hydrogen-bond donors (Lipinski definition) is 0. The molecule has 0 saturated carbocycles. The van der Waals surface area contributed by atoms with Crippen molar-refractivity contribution in [1.82, 2.24) is 20.4 Å². The highest BCUT2D eigenvalue weighted by Crippen LogP contribution is 2.44. The molecule has 2 heterocycles. The van der Waals surface area contributed by atoms with Gasteiger partial charge in [-0.3, -0.25) is 0 Å². The van der Waals surface area contributed by atoms with E-state index in [4.69, 9.17) is 9.15 Å². The number of halogens is 2. The van der Waals surface area contributed by atoms with Crippen molar-refractivity contribution in [2.75, 3.05) is 0 Å². The van der Waals surface area contributed by atoms with Crippen molar-refractivity contribution in [2.45, 2.75) is 45.4 Å². The molecule has 146 valence electrons. The molecule has 0 fully saturated rings. The smallest absolute Gasteiger partial charge is 0.239 e. The van der Waals surface area contributed by atoms with E-state index in [2.05, 4.69) is 34.2 Å².